The Kier molecular flexibility index (Phi) is 4.70. The van der Waals surface area contributed by atoms with Crippen LogP contribution in [0.4, 0.5) is 0 Å². The Morgan fingerprint density at radius 1 is 1.22 bits per heavy atom. The number of benzene rings is 1. The van der Waals surface area contributed by atoms with Crippen molar-refractivity contribution in [2.75, 3.05) is 7.11 Å². The minimum absolute atomic E-state index is 0.0696. The Morgan fingerprint density at radius 2 is 1.91 bits per heavy atom. The largest absolute Gasteiger partial charge is 0.463 e. The van der Waals surface area contributed by atoms with Gasteiger partial charge in [0.25, 0.3) is 5.82 Å². The second kappa shape index (κ2) is 6.37. The second-order valence-electron chi connectivity index (χ2n) is 5.67. The van der Waals surface area contributed by atoms with Crippen LogP contribution in [0.1, 0.15) is 41.7 Å². The SMILES string of the molecule is COC(=O)c1ncn(-c2ccc(C(=O)OC(C)(C)C)c(Cl)c2)n1. The van der Waals surface area contributed by atoms with Crippen molar-refractivity contribution in [2.45, 2.75) is 26.4 Å². The number of carbonyl (C=O) groups excluding carboxylic acids is 2. The van der Waals surface area contributed by atoms with Crippen molar-refractivity contribution < 1.29 is 19.1 Å². The van der Waals surface area contributed by atoms with Crippen LogP contribution in [0.2, 0.25) is 5.02 Å². The van der Waals surface area contributed by atoms with Crippen molar-refractivity contribution in [3.63, 3.8) is 0 Å². The summed E-state index contributed by atoms with van der Waals surface area (Å²) in [6, 6.07) is 4.70. The lowest BCUT2D eigenvalue weighted by Crippen LogP contribution is -2.24. The lowest BCUT2D eigenvalue weighted by atomic mass is 10.1. The molecule has 0 fully saturated rings. The molecule has 1 aromatic heterocycles. The number of hydrogen-bond acceptors (Lipinski definition) is 6. The van der Waals surface area contributed by atoms with Gasteiger partial charge in [-0.1, -0.05) is 11.6 Å². The summed E-state index contributed by atoms with van der Waals surface area (Å²) in [5, 5.41) is 4.20. The maximum Gasteiger partial charge on any atom is 0.377 e. The monoisotopic (exact) mass is 337 g/mol. The highest BCUT2D eigenvalue weighted by Gasteiger charge is 2.20. The minimum atomic E-state index is -0.639. The highest BCUT2D eigenvalue weighted by molar-refractivity contribution is 6.33. The molecular weight excluding hydrogens is 322 g/mol. The first-order chi connectivity index (χ1) is 10.7. The van der Waals surface area contributed by atoms with Crippen molar-refractivity contribution in [1.29, 1.82) is 0 Å². The van der Waals surface area contributed by atoms with E-state index in [0.717, 1.165) is 0 Å². The summed E-state index contributed by atoms with van der Waals surface area (Å²) in [6.45, 7) is 5.32. The molecule has 0 atom stereocenters. The maximum absolute atomic E-state index is 12.1. The van der Waals surface area contributed by atoms with Crippen LogP contribution in [0, 0.1) is 0 Å². The van der Waals surface area contributed by atoms with Crippen LogP contribution in [0.3, 0.4) is 0 Å². The molecule has 0 aliphatic carbocycles. The lowest BCUT2D eigenvalue weighted by Gasteiger charge is -2.20. The predicted octanol–water partition coefficient (Wildman–Crippen LogP) is 2.66. The van der Waals surface area contributed by atoms with Gasteiger partial charge in [-0.15, -0.1) is 5.10 Å². The van der Waals surface area contributed by atoms with E-state index < -0.39 is 17.5 Å². The molecule has 0 aliphatic heterocycles. The predicted molar refractivity (Wildman–Crippen MR) is 82.9 cm³/mol. The average molecular weight is 338 g/mol. The smallest absolute Gasteiger partial charge is 0.377 e. The molecule has 0 bridgehead atoms. The number of methoxy groups -OCH3 is 1. The number of ether oxygens (including phenoxy) is 2. The molecule has 2 aromatic rings. The molecule has 0 saturated heterocycles. The maximum atomic E-state index is 12.1. The zero-order valence-electron chi connectivity index (χ0n) is 13.2. The topological polar surface area (TPSA) is 83.3 Å². The van der Waals surface area contributed by atoms with Crippen molar-refractivity contribution >= 4 is 23.5 Å². The van der Waals surface area contributed by atoms with Gasteiger partial charge in [0.1, 0.15) is 11.9 Å². The number of halogens is 1. The Labute approximate surface area is 138 Å². The molecule has 0 radical (unpaired) electrons. The molecule has 0 spiro atoms. The molecule has 23 heavy (non-hydrogen) atoms. The summed E-state index contributed by atoms with van der Waals surface area (Å²) < 4.78 is 11.2. The number of aromatic nitrogens is 3. The zero-order chi connectivity index (χ0) is 17.2. The molecule has 122 valence electrons. The van der Waals surface area contributed by atoms with E-state index in [0.29, 0.717) is 5.69 Å². The number of hydrogen-bond donors (Lipinski definition) is 0. The van der Waals surface area contributed by atoms with Crippen molar-refractivity contribution in [1.82, 2.24) is 14.8 Å². The van der Waals surface area contributed by atoms with E-state index in [4.69, 9.17) is 16.3 Å². The minimum Gasteiger partial charge on any atom is -0.463 e. The summed E-state index contributed by atoms with van der Waals surface area (Å²) in [5.41, 5.74) is 0.184. The third-order valence-corrected chi connectivity index (χ3v) is 3.01. The zero-order valence-corrected chi connectivity index (χ0v) is 13.9. The normalized spacial score (nSPS) is 11.2. The lowest BCUT2D eigenvalue weighted by molar-refractivity contribution is 0.00696. The van der Waals surface area contributed by atoms with E-state index in [9.17, 15) is 9.59 Å². The van der Waals surface area contributed by atoms with Crippen LogP contribution >= 0.6 is 11.6 Å². The first-order valence-electron chi connectivity index (χ1n) is 6.74. The van der Waals surface area contributed by atoms with Crippen molar-refractivity contribution in [3.05, 3.63) is 40.9 Å². The Bertz CT molecular complexity index is 749. The van der Waals surface area contributed by atoms with Gasteiger partial charge in [-0.05, 0) is 39.0 Å². The fraction of sp³-hybridized carbons (Fsp3) is 0.333. The average Bonchev–Trinajstić information content (AvgIpc) is 2.94. The van der Waals surface area contributed by atoms with Crippen LogP contribution in [-0.2, 0) is 9.47 Å². The van der Waals surface area contributed by atoms with Gasteiger partial charge in [-0.25, -0.2) is 19.3 Å². The first-order valence-corrected chi connectivity index (χ1v) is 7.12. The molecule has 0 amide bonds. The van der Waals surface area contributed by atoms with Gasteiger partial charge in [0.15, 0.2) is 0 Å². The fourth-order valence-electron chi connectivity index (χ4n) is 1.72. The standard InChI is InChI=1S/C15H16ClN3O4/c1-15(2,3)23-13(20)10-6-5-9(7-11(10)16)19-8-17-12(18-19)14(21)22-4/h5-8H,1-4H3. The third-order valence-electron chi connectivity index (χ3n) is 2.70. The summed E-state index contributed by atoms with van der Waals surface area (Å²) in [7, 11) is 1.25. The van der Waals surface area contributed by atoms with Gasteiger partial charge < -0.3 is 9.47 Å². The quantitative estimate of drug-likeness (QED) is 0.801. The van der Waals surface area contributed by atoms with Gasteiger partial charge in [-0.3, -0.25) is 0 Å². The number of carbonyl (C=O) groups is 2. The van der Waals surface area contributed by atoms with E-state index >= 15 is 0 Å². The molecule has 0 aliphatic rings. The van der Waals surface area contributed by atoms with Crippen molar-refractivity contribution in [3.8, 4) is 5.69 Å². The molecule has 1 aromatic carbocycles. The van der Waals surface area contributed by atoms with Crippen LogP contribution in [0.25, 0.3) is 5.69 Å². The Hall–Kier alpha value is -2.41. The molecular formula is C15H16ClN3O4. The number of nitrogens with zero attached hydrogens (tertiary/aromatic N) is 3. The van der Waals surface area contributed by atoms with E-state index in [2.05, 4.69) is 14.8 Å². The van der Waals surface area contributed by atoms with Gasteiger partial charge in [0.05, 0.1) is 23.4 Å². The summed E-state index contributed by atoms with van der Waals surface area (Å²) in [4.78, 5) is 27.3. The molecule has 2 rings (SSSR count). The fourth-order valence-corrected chi connectivity index (χ4v) is 1.97. The van der Waals surface area contributed by atoms with Crippen LogP contribution in [-0.4, -0.2) is 39.4 Å². The second-order valence-corrected chi connectivity index (χ2v) is 6.08. The van der Waals surface area contributed by atoms with Crippen LogP contribution in [0.15, 0.2) is 24.5 Å². The first kappa shape index (κ1) is 17.0. The van der Waals surface area contributed by atoms with Gasteiger partial charge >= 0.3 is 11.9 Å². The molecule has 0 saturated carbocycles. The van der Waals surface area contributed by atoms with Crippen LogP contribution in [0.5, 0.6) is 0 Å². The molecule has 0 unspecified atom stereocenters. The molecule has 8 heteroatoms. The summed E-state index contributed by atoms with van der Waals surface area (Å²) >= 11 is 6.15. The number of esters is 2. The molecule has 0 N–H and O–H groups in total. The van der Waals surface area contributed by atoms with E-state index in [1.54, 1.807) is 26.8 Å². The molecule has 1 heterocycles. The Balaban J connectivity index is 2.27. The van der Waals surface area contributed by atoms with Crippen molar-refractivity contribution in [2.24, 2.45) is 0 Å². The highest BCUT2D eigenvalue weighted by atomic mass is 35.5. The van der Waals surface area contributed by atoms with E-state index in [-0.39, 0.29) is 16.4 Å². The van der Waals surface area contributed by atoms with Gasteiger partial charge in [0.2, 0.25) is 0 Å². The Morgan fingerprint density at radius 3 is 2.48 bits per heavy atom. The van der Waals surface area contributed by atoms with E-state index in [1.165, 1.54) is 30.3 Å². The summed E-state index contributed by atoms with van der Waals surface area (Å²) in [6.07, 6.45) is 1.35. The van der Waals surface area contributed by atoms with E-state index in [1.807, 2.05) is 0 Å². The third kappa shape index (κ3) is 4.07. The van der Waals surface area contributed by atoms with Crippen LogP contribution < -0.4 is 0 Å². The summed E-state index contributed by atoms with van der Waals surface area (Å²) in [5.74, 6) is -1.22. The molecule has 7 nitrogen and oxygen atoms in total. The van der Waals surface area contributed by atoms with Gasteiger partial charge in [-0.2, -0.15) is 0 Å². The number of rotatable bonds is 3. The van der Waals surface area contributed by atoms with Gasteiger partial charge in [0, 0.05) is 0 Å². The highest BCUT2D eigenvalue weighted by Crippen LogP contribution is 2.22.